The molecule has 0 saturated heterocycles. The Labute approximate surface area is 173 Å². The summed E-state index contributed by atoms with van der Waals surface area (Å²) in [5.74, 6) is 2.33. The van der Waals surface area contributed by atoms with E-state index in [1.54, 1.807) is 29.8 Å². The van der Waals surface area contributed by atoms with Crippen LogP contribution in [0, 0.1) is 6.92 Å². The zero-order valence-electron chi connectivity index (χ0n) is 14.2. The third kappa shape index (κ3) is 4.75. The summed E-state index contributed by atoms with van der Waals surface area (Å²) in [6.45, 7) is 1.89. The van der Waals surface area contributed by atoms with Gasteiger partial charge in [-0.25, -0.2) is 0 Å². The Morgan fingerprint density at radius 1 is 1.15 bits per heavy atom. The van der Waals surface area contributed by atoms with Crippen molar-refractivity contribution in [2.75, 3.05) is 7.11 Å². The van der Waals surface area contributed by atoms with Crippen LogP contribution in [-0.2, 0) is 5.75 Å². The summed E-state index contributed by atoms with van der Waals surface area (Å²) in [6, 6.07) is 14.0. The van der Waals surface area contributed by atoms with Crippen molar-refractivity contribution >= 4 is 49.8 Å². The van der Waals surface area contributed by atoms with Gasteiger partial charge in [0.15, 0.2) is 5.82 Å². The largest absolute Gasteiger partial charge is 0.496 e. The minimum Gasteiger partial charge on any atom is -0.496 e. The van der Waals surface area contributed by atoms with Gasteiger partial charge in [0.05, 0.1) is 17.8 Å². The number of hydrogen-bond donors (Lipinski definition) is 0. The summed E-state index contributed by atoms with van der Waals surface area (Å²) in [4.78, 5) is 0. The monoisotopic (exact) mass is 494 g/mol. The summed E-state index contributed by atoms with van der Waals surface area (Å²) >= 11 is 8.54. The molecule has 2 aromatic carbocycles. The zero-order chi connectivity index (χ0) is 18.5. The van der Waals surface area contributed by atoms with E-state index in [2.05, 4.69) is 59.3 Å². The molecule has 5 nitrogen and oxygen atoms in total. The fraction of sp³-hybridized carbons (Fsp3) is 0.167. The highest BCUT2D eigenvalue weighted by atomic mass is 79.9. The molecular weight excluding hydrogens is 480 g/mol. The van der Waals surface area contributed by atoms with Crippen LogP contribution < -0.4 is 4.74 Å². The number of rotatable bonds is 6. The van der Waals surface area contributed by atoms with E-state index in [9.17, 15) is 0 Å². The maximum absolute atomic E-state index is 5.25. The number of thioether (sulfide) groups is 1. The molecule has 0 saturated carbocycles. The van der Waals surface area contributed by atoms with E-state index < -0.39 is 0 Å². The molecule has 3 aromatic rings. The number of ether oxygens (including phenoxy) is 1. The van der Waals surface area contributed by atoms with Crippen molar-refractivity contribution in [2.24, 2.45) is 5.10 Å². The molecule has 0 aliphatic rings. The number of benzene rings is 2. The number of nitrogens with zero attached hydrogens (tertiary/aromatic N) is 4. The third-order valence-electron chi connectivity index (χ3n) is 3.55. The fourth-order valence-electron chi connectivity index (χ4n) is 2.18. The van der Waals surface area contributed by atoms with Gasteiger partial charge in [-0.15, -0.1) is 10.2 Å². The van der Waals surface area contributed by atoms with Crippen LogP contribution in [0.2, 0.25) is 0 Å². The van der Waals surface area contributed by atoms with Gasteiger partial charge in [0.1, 0.15) is 5.75 Å². The Morgan fingerprint density at radius 2 is 1.92 bits per heavy atom. The molecule has 0 aliphatic carbocycles. The van der Waals surface area contributed by atoms with Gasteiger partial charge in [-0.3, -0.25) is 0 Å². The number of methoxy groups -OCH3 is 1. The van der Waals surface area contributed by atoms with E-state index in [0.717, 1.165) is 37.0 Å². The van der Waals surface area contributed by atoms with Crippen molar-refractivity contribution < 1.29 is 4.74 Å². The first-order valence-electron chi connectivity index (χ1n) is 7.74. The molecule has 0 radical (unpaired) electrons. The summed E-state index contributed by atoms with van der Waals surface area (Å²) in [7, 11) is 1.64. The second kappa shape index (κ2) is 8.83. The van der Waals surface area contributed by atoms with Crippen LogP contribution in [0.1, 0.15) is 17.0 Å². The van der Waals surface area contributed by atoms with Gasteiger partial charge in [0, 0.05) is 10.2 Å². The lowest BCUT2D eigenvalue weighted by Crippen LogP contribution is -1.97. The van der Waals surface area contributed by atoms with Gasteiger partial charge < -0.3 is 4.74 Å². The second-order valence-electron chi connectivity index (χ2n) is 5.40. The van der Waals surface area contributed by atoms with Gasteiger partial charge in [0.2, 0.25) is 5.16 Å². The van der Waals surface area contributed by atoms with Gasteiger partial charge in [0.25, 0.3) is 0 Å². The van der Waals surface area contributed by atoms with Crippen LogP contribution in [0.25, 0.3) is 0 Å². The van der Waals surface area contributed by atoms with Gasteiger partial charge in [-0.2, -0.15) is 9.78 Å². The van der Waals surface area contributed by atoms with Crippen molar-refractivity contribution in [3.05, 3.63) is 68.4 Å². The number of hydrogen-bond acceptors (Lipinski definition) is 5. The number of aryl methyl sites for hydroxylation is 1. The topological polar surface area (TPSA) is 52.3 Å². The summed E-state index contributed by atoms with van der Waals surface area (Å²) < 4.78 is 8.95. The Morgan fingerprint density at radius 3 is 2.62 bits per heavy atom. The molecular formula is C18H16Br2N4OS. The maximum atomic E-state index is 5.25. The molecule has 8 heteroatoms. The highest BCUT2D eigenvalue weighted by molar-refractivity contribution is 9.10. The maximum Gasteiger partial charge on any atom is 0.212 e. The molecule has 3 rings (SSSR count). The van der Waals surface area contributed by atoms with Crippen LogP contribution in [0.3, 0.4) is 0 Å². The molecule has 134 valence electrons. The fourth-order valence-corrected chi connectivity index (χ4v) is 3.89. The Balaban J connectivity index is 1.75. The lowest BCUT2D eigenvalue weighted by molar-refractivity contribution is 0.412. The molecule has 1 aromatic heterocycles. The van der Waals surface area contributed by atoms with Gasteiger partial charge in [-0.1, -0.05) is 39.8 Å². The van der Waals surface area contributed by atoms with E-state index in [0.29, 0.717) is 0 Å². The van der Waals surface area contributed by atoms with Crippen LogP contribution in [0.4, 0.5) is 0 Å². The lowest BCUT2D eigenvalue weighted by atomic mass is 10.2. The first kappa shape index (κ1) is 19.1. The van der Waals surface area contributed by atoms with Crippen molar-refractivity contribution in [3.63, 3.8) is 0 Å². The Kier molecular flexibility index (Phi) is 6.50. The predicted octanol–water partition coefficient (Wildman–Crippen LogP) is 5.29. The average molecular weight is 496 g/mol. The first-order valence-corrected chi connectivity index (χ1v) is 10.3. The molecule has 1 heterocycles. The smallest absolute Gasteiger partial charge is 0.212 e. The Bertz CT molecular complexity index is 925. The van der Waals surface area contributed by atoms with Crippen molar-refractivity contribution in [2.45, 2.75) is 17.8 Å². The summed E-state index contributed by atoms with van der Waals surface area (Å²) in [5, 5.41) is 13.7. The molecule has 0 N–H and O–H groups in total. The molecule has 0 bridgehead atoms. The highest BCUT2D eigenvalue weighted by Gasteiger charge is 2.09. The molecule has 0 spiro atoms. The predicted molar refractivity (Wildman–Crippen MR) is 112 cm³/mol. The SMILES string of the molecule is COc1ccc(/C=N/n2c(C)nnc2SCc2ccc(Br)cc2)cc1Br. The van der Waals surface area contributed by atoms with Crippen molar-refractivity contribution in [1.29, 1.82) is 0 Å². The van der Waals surface area contributed by atoms with Crippen molar-refractivity contribution in [3.8, 4) is 5.75 Å². The van der Waals surface area contributed by atoms with Crippen LogP contribution in [0.5, 0.6) is 5.75 Å². The minimum absolute atomic E-state index is 0.743. The molecule has 0 atom stereocenters. The molecule has 0 aliphatic heterocycles. The highest BCUT2D eigenvalue weighted by Crippen LogP contribution is 2.25. The van der Waals surface area contributed by atoms with E-state index in [1.165, 1.54) is 5.56 Å². The average Bonchev–Trinajstić information content (AvgIpc) is 2.99. The van der Waals surface area contributed by atoms with E-state index in [4.69, 9.17) is 4.74 Å². The number of halogens is 2. The molecule has 0 amide bonds. The van der Waals surface area contributed by atoms with E-state index >= 15 is 0 Å². The van der Waals surface area contributed by atoms with Crippen LogP contribution >= 0.6 is 43.6 Å². The number of aromatic nitrogens is 3. The summed E-state index contributed by atoms with van der Waals surface area (Å²) in [5.41, 5.74) is 2.17. The quantitative estimate of drug-likeness (QED) is 0.344. The molecule has 26 heavy (non-hydrogen) atoms. The van der Waals surface area contributed by atoms with Crippen molar-refractivity contribution in [1.82, 2.24) is 14.9 Å². The first-order chi connectivity index (χ1) is 12.6. The summed E-state index contributed by atoms with van der Waals surface area (Å²) in [6.07, 6.45) is 1.78. The molecule has 0 unspecified atom stereocenters. The van der Waals surface area contributed by atoms with Gasteiger partial charge >= 0.3 is 0 Å². The second-order valence-corrected chi connectivity index (χ2v) is 8.11. The van der Waals surface area contributed by atoms with E-state index in [-0.39, 0.29) is 0 Å². The third-order valence-corrected chi connectivity index (χ3v) is 5.69. The normalized spacial score (nSPS) is 11.2. The standard InChI is InChI=1S/C18H16Br2N4OS/c1-12-22-23-18(26-11-13-3-6-15(19)7-4-13)24(12)21-10-14-5-8-17(25-2)16(20)9-14/h3-10H,11H2,1-2H3/b21-10+. The van der Waals surface area contributed by atoms with Crippen LogP contribution in [-0.4, -0.2) is 28.2 Å². The zero-order valence-corrected chi connectivity index (χ0v) is 18.2. The molecule has 0 fully saturated rings. The van der Waals surface area contributed by atoms with Crippen LogP contribution in [0.15, 0.2) is 61.7 Å². The lowest BCUT2D eigenvalue weighted by Gasteiger charge is -2.04. The van der Waals surface area contributed by atoms with Gasteiger partial charge in [-0.05, 0) is 64.3 Å². The Hall–Kier alpha value is -1.64. The van der Waals surface area contributed by atoms with E-state index in [1.807, 2.05) is 37.3 Å². The minimum atomic E-state index is 0.743.